The van der Waals surface area contributed by atoms with Gasteiger partial charge in [0.05, 0.1) is 4.90 Å². The number of benzene rings is 1. The number of carbonyl (C=O) groups is 1. The summed E-state index contributed by atoms with van der Waals surface area (Å²) in [5, 5.41) is 2.98. The number of nitrogens with zero attached hydrogens (tertiary/aromatic N) is 1. The summed E-state index contributed by atoms with van der Waals surface area (Å²) >= 11 is 0. The highest BCUT2D eigenvalue weighted by molar-refractivity contribution is 7.89. The van der Waals surface area contributed by atoms with Crippen LogP contribution >= 0.6 is 0 Å². The zero-order valence-corrected chi connectivity index (χ0v) is 14.9. The van der Waals surface area contributed by atoms with Crippen molar-refractivity contribution >= 4 is 15.9 Å². The lowest BCUT2D eigenvalue weighted by molar-refractivity contribution is -0.126. The molecule has 1 N–H and O–H groups in total. The Morgan fingerprint density at radius 3 is 2.25 bits per heavy atom. The van der Waals surface area contributed by atoms with Crippen molar-refractivity contribution in [2.45, 2.75) is 56.4 Å². The third kappa shape index (κ3) is 3.98. The number of amides is 1. The minimum atomic E-state index is -3.36. The molecule has 2 fully saturated rings. The smallest absolute Gasteiger partial charge is 0.243 e. The van der Waals surface area contributed by atoms with Crippen LogP contribution < -0.4 is 5.32 Å². The molecule has 0 unspecified atom stereocenters. The summed E-state index contributed by atoms with van der Waals surface area (Å²) in [5.41, 5.74) is 0.930. The van der Waals surface area contributed by atoms with E-state index in [1.807, 2.05) is 0 Å². The Hall–Kier alpha value is -1.40. The molecule has 0 bridgehead atoms. The van der Waals surface area contributed by atoms with Crippen LogP contribution in [0, 0.1) is 5.92 Å². The zero-order chi connectivity index (χ0) is 17.0. The molecule has 6 heteroatoms. The number of hydrogen-bond donors (Lipinski definition) is 1. The summed E-state index contributed by atoms with van der Waals surface area (Å²) < 4.78 is 26.5. The Morgan fingerprint density at radius 1 is 1.00 bits per heavy atom. The van der Waals surface area contributed by atoms with Crippen LogP contribution in [0.15, 0.2) is 29.2 Å². The van der Waals surface area contributed by atoms with E-state index in [1.165, 1.54) is 6.42 Å². The van der Waals surface area contributed by atoms with Crippen LogP contribution in [0.2, 0.25) is 0 Å². The maximum absolute atomic E-state index is 12.5. The lowest BCUT2D eigenvalue weighted by Gasteiger charge is -2.20. The molecule has 0 radical (unpaired) electrons. The minimum Gasteiger partial charge on any atom is -0.352 e. The fourth-order valence-corrected chi connectivity index (χ4v) is 5.07. The largest absolute Gasteiger partial charge is 0.352 e. The summed E-state index contributed by atoms with van der Waals surface area (Å²) in [7, 11) is -3.36. The first-order valence-electron chi connectivity index (χ1n) is 8.94. The Kier molecular flexibility index (Phi) is 5.56. The average molecular weight is 350 g/mol. The van der Waals surface area contributed by atoms with E-state index in [2.05, 4.69) is 5.32 Å². The monoisotopic (exact) mass is 350 g/mol. The van der Waals surface area contributed by atoms with Crippen molar-refractivity contribution in [1.82, 2.24) is 9.62 Å². The van der Waals surface area contributed by atoms with Gasteiger partial charge < -0.3 is 5.32 Å². The van der Waals surface area contributed by atoms with Gasteiger partial charge in [-0.05, 0) is 43.4 Å². The van der Waals surface area contributed by atoms with Gasteiger partial charge in [-0.3, -0.25) is 4.79 Å². The molecule has 24 heavy (non-hydrogen) atoms. The van der Waals surface area contributed by atoms with Crippen molar-refractivity contribution in [2.75, 3.05) is 13.1 Å². The van der Waals surface area contributed by atoms with E-state index in [4.69, 9.17) is 0 Å². The third-order valence-electron chi connectivity index (χ3n) is 5.07. The molecule has 0 aromatic heterocycles. The van der Waals surface area contributed by atoms with Crippen LogP contribution in [0.25, 0.3) is 0 Å². The van der Waals surface area contributed by atoms with Gasteiger partial charge in [0.1, 0.15) is 0 Å². The second-order valence-corrected chi connectivity index (χ2v) is 8.75. The van der Waals surface area contributed by atoms with Gasteiger partial charge in [-0.15, -0.1) is 0 Å². The van der Waals surface area contributed by atoms with Crippen molar-refractivity contribution in [2.24, 2.45) is 5.92 Å². The summed E-state index contributed by atoms with van der Waals surface area (Å²) in [4.78, 5) is 12.5. The van der Waals surface area contributed by atoms with Crippen molar-refractivity contribution in [3.8, 4) is 0 Å². The Labute approximate surface area is 144 Å². The van der Waals surface area contributed by atoms with Crippen molar-refractivity contribution in [3.63, 3.8) is 0 Å². The quantitative estimate of drug-likeness (QED) is 0.888. The number of hydrogen-bond acceptors (Lipinski definition) is 3. The van der Waals surface area contributed by atoms with E-state index in [-0.39, 0.29) is 11.8 Å². The van der Waals surface area contributed by atoms with E-state index in [1.54, 1.807) is 28.6 Å². The van der Waals surface area contributed by atoms with Crippen LogP contribution in [0.3, 0.4) is 0 Å². The highest BCUT2D eigenvalue weighted by atomic mass is 32.2. The molecular weight excluding hydrogens is 324 g/mol. The predicted molar refractivity (Wildman–Crippen MR) is 92.9 cm³/mol. The number of sulfonamides is 1. The standard InChI is InChI=1S/C18H26N2O3S/c21-18(16-6-2-1-3-7-16)19-14-15-8-10-17(11-9-15)24(22,23)20-12-4-5-13-20/h8-11,16H,1-7,12-14H2,(H,19,21). The summed E-state index contributed by atoms with van der Waals surface area (Å²) in [5.74, 6) is 0.275. The molecule has 1 saturated heterocycles. The molecule has 1 aromatic carbocycles. The normalized spacial score (nSPS) is 20.2. The lowest BCUT2D eigenvalue weighted by Crippen LogP contribution is -2.31. The summed E-state index contributed by atoms with van der Waals surface area (Å²) in [6.45, 7) is 1.68. The fraction of sp³-hybridized carbons (Fsp3) is 0.611. The fourth-order valence-electron chi connectivity index (χ4n) is 3.56. The number of nitrogens with one attached hydrogen (secondary N) is 1. The Morgan fingerprint density at radius 2 is 1.62 bits per heavy atom. The van der Waals surface area contributed by atoms with Crippen molar-refractivity contribution < 1.29 is 13.2 Å². The number of carbonyl (C=O) groups excluding carboxylic acids is 1. The molecule has 1 heterocycles. The van der Waals surface area contributed by atoms with Crippen LogP contribution in [0.4, 0.5) is 0 Å². The second kappa shape index (κ2) is 7.66. The van der Waals surface area contributed by atoms with E-state index < -0.39 is 10.0 Å². The van der Waals surface area contributed by atoms with Crippen LogP contribution in [-0.2, 0) is 21.4 Å². The van der Waals surface area contributed by atoms with Gasteiger partial charge in [-0.2, -0.15) is 4.31 Å². The molecule has 1 aromatic rings. The van der Waals surface area contributed by atoms with Gasteiger partial charge in [0.25, 0.3) is 0 Å². The molecule has 1 saturated carbocycles. The maximum Gasteiger partial charge on any atom is 0.243 e. The molecular formula is C18H26N2O3S. The van der Waals surface area contributed by atoms with Crippen molar-refractivity contribution in [1.29, 1.82) is 0 Å². The molecule has 0 atom stereocenters. The van der Waals surface area contributed by atoms with Gasteiger partial charge in [-0.1, -0.05) is 31.4 Å². The molecule has 1 aliphatic heterocycles. The lowest BCUT2D eigenvalue weighted by atomic mass is 9.88. The molecule has 2 aliphatic rings. The van der Waals surface area contributed by atoms with E-state index in [0.717, 1.165) is 44.1 Å². The predicted octanol–water partition coefficient (Wildman–Crippen LogP) is 2.67. The van der Waals surface area contributed by atoms with Gasteiger partial charge in [0.2, 0.25) is 15.9 Å². The first kappa shape index (κ1) is 17.4. The van der Waals surface area contributed by atoms with Crippen molar-refractivity contribution in [3.05, 3.63) is 29.8 Å². The Balaban J connectivity index is 1.57. The van der Waals surface area contributed by atoms with Crippen LogP contribution in [0.1, 0.15) is 50.5 Å². The molecule has 1 aliphatic carbocycles. The maximum atomic E-state index is 12.5. The van der Waals surface area contributed by atoms with Crippen LogP contribution in [-0.4, -0.2) is 31.7 Å². The second-order valence-electron chi connectivity index (χ2n) is 6.81. The highest BCUT2D eigenvalue weighted by Gasteiger charge is 2.27. The minimum absolute atomic E-state index is 0.128. The third-order valence-corrected chi connectivity index (χ3v) is 6.98. The SMILES string of the molecule is O=C(NCc1ccc(S(=O)(=O)N2CCCC2)cc1)C1CCCCC1. The van der Waals surface area contributed by atoms with Crippen LogP contribution in [0.5, 0.6) is 0 Å². The highest BCUT2D eigenvalue weighted by Crippen LogP contribution is 2.24. The van der Waals surface area contributed by atoms with Gasteiger partial charge >= 0.3 is 0 Å². The molecule has 5 nitrogen and oxygen atoms in total. The molecule has 132 valence electrons. The first-order valence-corrected chi connectivity index (χ1v) is 10.4. The molecule has 3 rings (SSSR count). The number of rotatable bonds is 5. The summed E-state index contributed by atoms with van der Waals surface area (Å²) in [6.07, 6.45) is 7.35. The van der Waals surface area contributed by atoms with E-state index >= 15 is 0 Å². The Bertz CT molecular complexity index is 658. The molecule has 1 amide bonds. The topological polar surface area (TPSA) is 66.5 Å². The van der Waals surface area contributed by atoms with Gasteiger partial charge in [0, 0.05) is 25.6 Å². The molecule has 0 spiro atoms. The van der Waals surface area contributed by atoms with Gasteiger partial charge in [-0.25, -0.2) is 8.42 Å². The summed E-state index contributed by atoms with van der Waals surface area (Å²) in [6, 6.07) is 6.89. The average Bonchev–Trinajstić information content (AvgIpc) is 3.16. The zero-order valence-electron chi connectivity index (χ0n) is 14.0. The first-order chi connectivity index (χ1) is 11.6. The van der Waals surface area contributed by atoms with Gasteiger partial charge in [0.15, 0.2) is 0 Å². The van der Waals surface area contributed by atoms with E-state index in [0.29, 0.717) is 24.5 Å². The van der Waals surface area contributed by atoms with E-state index in [9.17, 15) is 13.2 Å².